The molecular weight excluding hydrogens is 1090 g/mol. The molecule has 1 radical (unpaired) electrons. The van der Waals surface area contributed by atoms with Crippen LogP contribution in [-0.4, -0.2) is 32.8 Å². The van der Waals surface area contributed by atoms with Gasteiger partial charge in [-0.2, -0.15) is 0 Å². The van der Waals surface area contributed by atoms with Gasteiger partial charge in [-0.05, 0) is 82.4 Å². The SMILES string of the molecule is [2H]C([2H])([2H])c1cc(-c2[c-]cc(F)cc2)nc[c]1[Ge]([CH3])([CH3])[CH3].[2H]C([2H])(c1ccccc1)c1ccc2c(n1)oc1c(-c3nc4c5ccccc5ccc4n3-c3c(C)cc4c(c3C)C(C)(C)c3ccccc3-4)[c-]ccc12.[Ir]. The number of imidazole rings is 1. The van der Waals surface area contributed by atoms with Gasteiger partial charge in [0, 0.05) is 56.8 Å². The maximum absolute atomic E-state index is 13.0. The normalized spacial score (nSPS) is 14.2. The van der Waals surface area contributed by atoms with E-state index in [0.717, 1.165) is 59.6 Å². The molecule has 0 unspecified atom stereocenters. The number of nitrogens with zero attached hydrogens (tertiary/aromatic N) is 4. The van der Waals surface area contributed by atoms with Crippen molar-refractivity contribution in [2.75, 3.05) is 0 Å². The second-order valence-electron chi connectivity index (χ2n) is 19.2. The molecule has 0 atom stereocenters. The minimum atomic E-state index is -2.34. The molecule has 0 spiro atoms. The fraction of sp³-hybridized carbons (Fsp3) is 0.164. The summed E-state index contributed by atoms with van der Waals surface area (Å²) in [6.07, 6.45) is -0.122. The first-order valence-corrected chi connectivity index (χ1v) is 30.2. The summed E-state index contributed by atoms with van der Waals surface area (Å²) >= 11 is -2.34. The van der Waals surface area contributed by atoms with Crippen molar-refractivity contribution in [2.45, 2.75) is 63.6 Å². The Hall–Kier alpha value is -6.51. The van der Waals surface area contributed by atoms with E-state index in [0.29, 0.717) is 39.4 Å². The van der Waals surface area contributed by atoms with Gasteiger partial charge >= 0.3 is 114 Å². The van der Waals surface area contributed by atoms with Crippen molar-refractivity contribution in [3.05, 3.63) is 209 Å². The van der Waals surface area contributed by atoms with Gasteiger partial charge in [0.05, 0.1) is 22.4 Å². The fourth-order valence-electron chi connectivity index (χ4n) is 10.2. The molecule has 1 aliphatic rings. The Kier molecular flexibility index (Phi) is 10.4. The number of hydrogen-bond donors (Lipinski definition) is 0. The summed E-state index contributed by atoms with van der Waals surface area (Å²) in [7, 11) is 0. The number of halogens is 1. The Morgan fingerprint density at radius 1 is 0.783 bits per heavy atom. The van der Waals surface area contributed by atoms with Crippen LogP contribution in [0.1, 0.15) is 59.8 Å². The second kappa shape index (κ2) is 17.8. The molecule has 8 heteroatoms. The summed E-state index contributed by atoms with van der Waals surface area (Å²) in [5.41, 5.74) is 14.5. The van der Waals surface area contributed by atoms with E-state index >= 15 is 0 Å². The van der Waals surface area contributed by atoms with Crippen molar-refractivity contribution in [1.82, 2.24) is 19.5 Å². The molecule has 11 aromatic rings. The van der Waals surface area contributed by atoms with Crippen molar-refractivity contribution in [2.24, 2.45) is 0 Å². The van der Waals surface area contributed by atoms with Crippen LogP contribution in [0.15, 0.2) is 156 Å². The molecule has 0 saturated heterocycles. The quantitative estimate of drug-likeness (QED) is 0.123. The van der Waals surface area contributed by atoms with Gasteiger partial charge in [0.15, 0.2) is 0 Å². The molecular formula is C61H51FGeIrN4O-2. The third-order valence-corrected chi connectivity index (χ3v) is 17.6. The van der Waals surface area contributed by atoms with Gasteiger partial charge in [0.25, 0.3) is 0 Å². The molecule has 0 aliphatic heterocycles. The Morgan fingerprint density at radius 3 is 2.35 bits per heavy atom. The van der Waals surface area contributed by atoms with Crippen LogP contribution < -0.4 is 4.40 Å². The van der Waals surface area contributed by atoms with E-state index in [1.54, 1.807) is 36.5 Å². The van der Waals surface area contributed by atoms with Crippen molar-refractivity contribution in [3.8, 4) is 39.5 Å². The summed E-state index contributed by atoms with van der Waals surface area (Å²) in [6, 6.07) is 52.6. The van der Waals surface area contributed by atoms with Gasteiger partial charge < -0.3 is 8.98 Å². The molecule has 69 heavy (non-hydrogen) atoms. The minimum absolute atomic E-state index is 0. The first-order valence-electron chi connectivity index (χ1n) is 25.4. The Morgan fingerprint density at radius 2 is 1.57 bits per heavy atom. The summed E-state index contributed by atoms with van der Waals surface area (Å²) in [5, 5.41) is 3.90. The average molecular weight is 1140 g/mol. The van der Waals surface area contributed by atoms with E-state index in [2.05, 4.69) is 133 Å². The Balaban J connectivity index is 0.000000241. The Bertz CT molecular complexity index is 3990. The number of benzene rings is 7. The van der Waals surface area contributed by atoms with Crippen LogP contribution in [0.2, 0.25) is 17.3 Å². The molecule has 0 saturated carbocycles. The third kappa shape index (κ3) is 8.04. The number of aromatic nitrogens is 4. The zero-order chi connectivity index (χ0) is 51.4. The second-order valence-corrected chi connectivity index (χ2v) is 29.8. The molecule has 5 nitrogen and oxygen atoms in total. The monoisotopic (exact) mass is 1150 g/mol. The maximum Gasteiger partial charge on any atom is 0.216 e. The van der Waals surface area contributed by atoms with Crippen LogP contribution in [-0.2, 0) is 31.9 Å². The van der Waals surface area contributed by atoms with Gasteiger partial charge in [-0.15, -0.1) is 18.2 Å². The standard InChI is InChI=1S/C46H34N3O.C15H17FGeN.Ir/c1-27-25-37-33-17-10-11-20-38(33)46(3,4)40(37)28(2)42(27)49-39-24-21-30-15-8-9-16-32(30)41(39)48-44(49)36-19-12-18-34-35-23-22-31(47-45(35)50-43(34)36)26-29-13-6-5-7-14-29;1-11-9-15(12-5-7-13(16)8-6-12)18-10-14(11)17(2,3)4;/h5-18,20-25H,26H2,1-4H3;5,7-10H,1-4H3;/q2*-1;/i26D2;1D3;. The van der Waals surface area contributed by atoms with Crippen molar-refractivity contribution < 1.29 is 35.8 Å². The minimum Gasteiger partial charge on any atom is -0.486 e. The zero-order valence-electron chi connectivity index (χ0n) is 44.3. The smallest absolute Gasteiger partial charge is 0.216 e. The summed E-state index contributed by atoms with van der Waals surface area (Å²) in [6.45, 7) is 6.93. The fourth-order valence-corrected chi connectivity index (χ4v) is 13.0. The third-order valence-electron chi connectivity index (χ3n) is 13.4. The molecule has 4 aromatic heterocycles. The van der Waals surface area contributed by atoms with Crippen molar-refractivity contribution >= 4 is 61.5 Å². The summed E-state index contributed by atoms with van der Waals surface area (Å²) in [5.74, 6) is 6.76. The van der Waals surface area contributed by atoms with E-state index in [1.165, 1.54) is 39.9 Å². The van der Waals surface area contributed by atoms with Crippen LogP contribution in [0, 0.1) is 38.6 Å². The van der Waals surface area contributed by atoms with Crippen LogP contribution in [0.25, 0.3) is 83.3 Å². The van der Waals surface area contributed by atoms with Crippen LogP contribution in [0.5, 0.6) is 0 Å². The largest absolute Gasteiger partial charge is 0.486 e. The first kappa shape index (κ1) is 40.4. The Labute approximate surface area is 426 Å². The predicted octanol–water partition coefficient (Wildman–Crippen LogP) is 15.0. The molecule has 7 aromatic carbocycles. The van der Waals surface area contributed by atoms with E-state index < -0.39 is 26.5 Å². The van der Waals surface area contributed by atoms with Crippen LogP contribution in [0.4, 0.5) is 4.39 Å². The van der Waals surface area contributed by atoms with Crippen LogP contribution >= 0.6 is 0 Å². The average Bonchev–Trinajstić information content (AvgIpc) is 4.01. The molecule has 0 N–H and O–H groups in total. The number of pyridine rings is 2. The van der Waals surface area contributed by atoms with Crippen molar-refractivity contribution in [3.63, 3.8) is 0 Å². The van der Waals surface area contributed by atoms with E-state index in [1.807, 2.05) is 36.4 Å². The summed E-state index contributed by atoms with van der Waals surface area (Å²) in [4.78, 5) is 14.6. The molecule has 343 valence electrons. The van der Waals surface area contributed by atoms with Crippen LogP contribution in [0.3, 0.4) is 0 Å². The maximum atomic E-state index is 13.0. The van der Waals surface area contributed by atoms with E-state index in [-0.39, 0.29) is 31.3 Å². The molecule has 0 amide bonds. The zero-order valence-corrected chi connectivity index (χ0v) is 43.8. The van der Waals surface area contributed by atoms with Crippen molar-refractivity contribution in [1.29, 1.82) is 0 Å². The first-order chi connectivity index (χ1) is 34.7. The van der Waals surface area contributed by atoms with Gasteiger partial charge in [0.2, 0.25) is 5.71 Å². The van der Waals surface area contributed by atoms with E-state index in [9.17, 15) is 4.39 Å². The molecule has 0 fully saturated rings. The van der Waals surface area contributed by atoms with Gasteiger partial charge in [-0.3, -0.25) is 4.98 Å². The molecule has 1 aliphatic carbocycles. The van der Waals surface area contributed by atoms with Gasteiger partial charge in [0.1, 0.15) is 0 Å². The topological polar surface area (TPSA) is 56.7 Å². The number of aryl methyl sites for hydroxylation is 2. The van der Waals surface area contributed by atoms with Gasteiger partial charge in [-0.1, -0.05) is 110 Å². The number of fused-ring (bicyclic) bond motifs is 9. The number of hydrogen-bond acceptors (Lipinski definition) is 4. The number of furan rings is 1. The van der Waals surface area contributed by atoms with Gasteiger partial charge in [-0.25, -0.2) is 4.98 Å². The summed E-state index contributed by atoms with van der Waals surface area (Å²) < 4.78 is 63.9. The molecule has 4 heterocycles. The molecule has 0 bridgehead atoms. The van der Waals surface area contributed by atoms with E-state index in [4.69, 9.17) is 21.2 Å². The molecule has 12 rings (SSSR count). The predicted molar refractivity (Wildman–Crippen MR) is 280 cm³/mol. The number of rotatable bonds is 6.